The Morgan fingerprint density at radius 3 is 2.44 bits per heavy atom. The molecule has 0 saturated heterocycles. The Bertz CT molecular complexity index is 1930. The molecule has 0 spiro atoms. The van der Waals surface area contributed by atoms with Gasteiger partial charge >= 0.3 is 0 Å². The third-order valence-corrected chi connectivity index (χ3v) is 10.1. The van der Waals surface area contributed by atoms with Gasteiger partial charge in [-0.1, -0.05) is 31.5 Å². The molecule has 0 bridgehead atoms. The summed E-state index contributed by atoms with van der Waals surface area (Å²) in [4.78, 5) is 17.9. The molecule has 48 heavy (non-hydrogen) atoms. The molecule has 2 aromatic heterocycles. The molecule has 8 nitrogen and oxygen atoms in total. The van der Waals surface area contributed by atoms with Gasteiger partial charge in [0.15, 0.2) is 0 Å². The first-order valence-electron chi connectivity index (χ1n) is 15.4. The predicted molar refractivity (Wildman–Crippen MR) is 163 cm³/mol. The van der Waals surface area contributed by atoms with Gasteiger partial charge < -0.3 is 5.32 Å². The van der Waals surface area contributed by atoms with Crippen molar-refractivity contribution in [3.8, 4) is 11.1 Å². The van der Waals surface area contributed by atoms with Gasteiger partial charge in [-0.3, -0.25) is 14.5 Å². The van der Waals surface area contributed by atoms with Crippen LogP contribution in [0.4, 0.5) is 26.3 Å². The first kappa shape index (κ1) is 33.7. The van der Waals surface area contributed by atoms with E-state index in [2.05, 4.69) is 20.1 Å². The third-order valence-electron chi connectivity index (χ3n) is 8.62. The maximum Gasteiger partial charge on any atom is 0.293 e. The summed E-state index contributed by atoms with van der Waals surface area (Å²) in [5, 5.41) is 6.38. The largest absolute Gasteiger partial charge is 0.346 e. The lowest BCUT2D eigenvalue weighted by atomic mass is 9.95. The molecule has 3 atom stereocenters. The lowest BCUT2D eigenvalue weighted by molar-refractivity contribution is -0.123. The van der Waals surface area contributed by atoms with Crippen LogP contribution in [-0.4, -0.2) is 35.6 Å². The van der Waals surface area contributed by atoms with Gasteiger partial charge in [0.1, 0.15) is 29.6 Å². The van der Waals surface area contributed by atoms with Gasteiger partial charge in [0.25, 0.3) is 12.3 Å². The van der Waals surface area contributed by atoms with Crippen LogP contribution in [0.3, 0.4) is 0 Å². The van der Waals surface area contributed by atoms with Crippen molar-refractivity contribution in [2.45, 2.75) is 68.4 Å². The molecule has 2 aliphatic rings. The van der Waals surface area contributed by atoms with Crippen LogP contribution >= 0.6 is 0 Å². The van der Waals surface area contributed by atoms with Crippen molar-refractivity contribution in [1.29, 1.82) is 0 Å². The van der Waals surface area contributed by atoms with Gasteiger partial charge in [0.2, 0.25) is 15.9 Å². The van der Waals surface area contributed by atoms with E-state index in [0.29, 0.717) is 28.3 Å². The highest BCUT2D eigenvalue weighted by atomic mass is 32.2. The van der Waals surface area contributed by atoms with E-state index in [4.69, 9.17) is 0 Å². The number of fused-ring (bicyclic) bond motifs is 3. The smallest absolute Gasteiger partial charge is 0.293 e. The maximum absolute atomic E-state index is 15.1. The molecule has 1 amide bonds. The Balaban J connectivity index is 1.32. The molecular weight excluding hydrogens is 660 g/mol. The minimum Gasteiger partial charge on any atom is -0.346 e. The summed E-state index contributed by atoms with van der Waals surface area (Å²) in [7, 11) is -3.77. The molecule has 0 aliphatic heterocycles. The Labute approximate surface area is 272 Å². The SMILES string of the molecule is CCCCNS(=O)(=O)c1ccc(-c2cccnc2C(Cc2cc(F)cc(F)c2)NC(=O)Cn2nc(C(F)F)c3c2C(F)(F)C2CC32)cc1. The van der Waals surface area contributed by atoms with Gasteiger partial charge in [-0.05, 0) is 66.6 Å². The number of sulfonamides is 1. The zero-order chi connectivity index (χ0) is 34.4. The molecule has 15 heteroatoms. The number of alkyl halides is 4. The van der Waals surface area contributed by atoms with E-state index in [0.717, 1.165) is 18.6 Å². The van der Waals surface area contributed by atoms with Crippen LogP contribution in [0.1, 0.15) is 72.8 Å². The number of hydrogen-bond donors (Lipinski definition) is 2. The second-order valence-corrected chi connectivity index (χ2v) is 13.8. The Hall–Kier alpha value is -4.24. The highest BCUT2D eigenvalue weighted by Gasteiger charge is 2.67. The van der Waals surface area contributed by atoms with Crippen molar-refractivity contribution in [2.75, 3.05) is 6.54 Å². The fraction of sp³-hybridized carbons (Fsp3) is 0.364. The lowest BCUT2D eigenvalue weighted by Gasteiger charge is -2.22. The van der Waals surface area contributed by atoms with Gasteiger partial charge in [-0.2, -0.15) is 13.9 Å². The van der Waals surface area contributed by atoms with E-state index in [1.165, 1.54) is 18.3 Å². The molecule has 1 fully saturated rings. The van der Waals surface area contributed by atoms with E-state index >= 15 is 8.78 Å². The van der Waals surface area contributed by atoms with Crippen LogP contribution in [0.2, 0.25) is 0 Å². The van der Waals surface area contributed by atoms with Crippen molar-refractivity contribution in [3.63, 3.8) is 0 Å². The highest BCUT2D eigenvalue weighted by Crippen LogP contribution is 2.68. The van der Waals surface area contributed by atoms with Crippen LogP contribution in [0.25, 0.3) is 11.1 Å². The second-order valence-electron chi connectivity index (χ2n) is 12.0. The standard InChI is InChI=1S/C33H31F6N5O3S/c1-2-3-11-41-48(46,47)22-8-6-19(7-9-22)23-5-4-10-40-29(23)26(14-18-12-20(34)15-21(35)13-18)42-27(45)17-44-31-28(30(43-44)32(36)37)24-16-25(24)33(31,38)39/h4-10,12-13,15,24-26,32,41H,2-3,11,14,16-17H2,1H3,(H,42,45). The number of carbonyl (C=O) groups excluding carboxylic acids is 1. The number of unbranched alkanes of at least 4 members (excludes halogenated alkanes) is 1. The van der Waals surface area contributed by atoms with E-state index in [1.54, 1.807) is 24.3 Å². The number of carbonyl (C=O) groups is 1. The molecule has 4 aromatic rings. The zero-order valence-corrected chi connectivity index (χ0v) is 26.4. The molecule has 2 aliphatic carbocycles. The highest BCUT2D eigenvalue weighted by molar-refractivity contribution is 7.89. The van der Waals surface area contributed by atoms with Gasteiger partial charge in [-0.15, -0.1) is 0 Å². The van der Waals surface area contributed by atoms with E-state index in [-0.39, 0.29) is 41.1 Å². The van der Waals surface area contributed by atoms with Crippen molar-refractivity contribution >= 4 is 15.9 Å². The van der Waals surface area contributed by atoms with E-state index in [9.17, 15) is 30.8 Å². The normalized spacial score (nSPS) is 18.4. The van der Waals surface area contributed by atoms with Gasteiger partial charge in [0, 0.05) is 35.9 Å². The number of amides is 1. The molecule has 2 aromatic carbocycles. The molecule has 0 radical (unpaired) electrons. The molecule has 2 N–H and O–H groups in total. The summed E-state index contributed by atoms with van der Waals surface area (Å²) in [6, 6.07) is 10.9. The Kier molecular flexibility index (Phi) is 9.11. The lowest BCUT2D eigenvalue weighted by Crippen LogP contribution is -2.35. The number of rotatable bonds is 13. The predicted octanol–water partition coefficient (Wildman–Crippen LogP) is 6.55. The molecule has 6 rings (SSSR count). The number of benzene rings is 2. The summed E-state index contributed by atoms with van der Waals surface area (Å²) in [6.07, 6.45) is -0.355. The van der Waals surface area contributed by atoms with Crippen LogP contribution in [0.15, 0.2) is 65.7 Å². The molecule has 2 heterocycles. The van der Waals surface area contributed by atoms with Gasteiger partial charge in [-0.25, -0.2) is 30.7 Å². The third kappa shape index (κ3) is 6.57. The number of pyridine rings is 1. The van der Waals surface area contributed by atoms with E-state index in [1.807, 2.05) is 6.92 Å². The summed E-state index contributed by atoms with van der Waals surface area (Å²) in [5.74, 6) is -7.90. The fourth-order valence-electron chi connectivity index (χ4n) is 6.35. The first-order chi connectivity index (χ1) is 22.8. The molecular formula is C33H31F6N5O3S. The van der Waals surface area contributed by atoms with Gasteiger partial charge in [0.05, 0.1) is 16.6 Å². The number of halogens is 6. The Morgan fingerprint density at radius 1 is 1.06 bits per heavy atom. The van der Waals surface area contributed by atoms with Crippen molar-refractivity contribution in [2.24, 2.45) is 5.92 Å². The summed E-state index contributed by atoms with van der Waals surface area (Å²) < 4.78 is 115. The molecule has 254 valence electrons. The first-order valence-corrected chi connectivity index (χ1v) is 16.8. The van der Waals surface area contributed by atoms with E-state index < -0.39 is 75.7 Å². The number of nitrogens with one attached hydrogen (secondary N) is 2. The monoisotopic (exact) mass is 691 g/mol. The van der Waals surface area contributed by atoms with Crippen LogP contribution in [-0.2, 0) is 33.7 Å². The maximum atomic E-state index is 15.1. The van der Waals surface area contributed by atoms with Crippen molar-refractivity contribution in [3.05, 3.63) is 101 Å². The number of hydrogen-bond acceptors (Lipinski definition) is 5. The van der Waals surface area contributed by atoms with Crippen LogP contribution in [0.5, 0.6) is 0 Å². The average Bonchev–Trinajstić information content (AvgIpc) is 3.69. The average molecular weight is 692 g/mol. The minimum absolute atomic E-state index is 0.0252. The minimum atomic E-state index is -3.77. The van der Waals surface area contributed by atoms with Crippen LogP contribution < -0.4 is 10.0 Å². The topological polar surface area (TPSA) is 106 Å². The number of nitrogens with zero attached hydrogens (tertiary/aromatic N) is 3. The molecule has 3 unspecified atom stereocenters. The molecule has 1 saturated carbocycles. The fourth-order valence-corrected chi connectivity index (χ4v) is 7.43. The summed E-state index contributed by atoms with van der Waals surface area (Å²) >= 11 is 0. The summed E-state index contributed by atoms with van der Waals surface area (Å²) in [5.41, 5.74) is -0.381. The zero-order valence-electron chi connectivity index (χ0n) is 25.6. The second kappa shape index (κ2) is 13.0. The Morgan fingerprint density at radius 2 is 1.77 bits per heavy atom. The van der Waals surface area contributed by atoms with Crippen LogP contribution in [0, 0.1) is 17.6 Å². The van der Waals surface area contributed by atoms with Crippen molar-refractivity contribution < 1.29 is 39.6 Å². The summed E-state index contributed by atoms with van der Waals surface area (Å²) in [6.45, 7) is 1.39. The quantitative estimate of drug-likeness (QED) is 0.122. The van der Waals surface area contributed by atoms with Crippen molar-refractivity contribution in [1.82, 2.24) is 24.8 Å². The number of aromatic nitrogens is 3.